The minimum absolute atomic E-state index is 0.318. The number of ether oxygens (including phenoxy) is 1. The van der Waals surface area contributed by atoms with Gasteiger partial charge in [0.15, 0.2) is 6.29 Å². The molecule has 1 aromatic rings. The van der Waals surface area contributed by atoms with Gasteiger partial charge in [-0.1, -0.05) is 0 Å². The van der Waals surface area contributed by atoms with Crippen LogP contribution in [0.2, 0.25) is 0 Å². The number of nitrogens with one attached hydrogen (secondary N) is 1. The first kappa shape index (κ1) is 15.2. The van der Waals surface area contributed by atoms with Gasteiger partial charge in [0.25, 0.3) is 0 Å². The van der Waals surface area contributed by atoms with Crippen LogP contribution in [0, 0.1) is 0 Å². The Morgan fingerprint density at radius 1 is 1.32 bits per heavy atom. The number of nitrogens with zero attached hydrogens (tertiary/aromatic N) is 2. The van der Waals surface area contributed by atoms with Crippen LogP contribution in [0.1, 0.15) is 52.0 Å². The quantitative estimate of drug-likeness (QED) is 0.836. The summed E-state index contributed by atoms with van der Waals surface area (Å²) in [6.45, 7) is 11.1. The largest absolute Gasteiger partial charge is 0.444 e. The summed E-state index contributed by atoms with van der Waals surface area (Å²) in [7, 11) is 0. The van der Waals surface area contributed by atoms with Crippen molar-refractivity contribution in [2.75, 3.05) is 5.32 Å². The Kier molecular flexibility index (Phi) is 4.03. The van der Waals surface area contributed by atoms with Crippen molar-refractivity contribution in [2.45, 2.75) is 52.7 Å². The van der Waals surface area contributed by atoms with Crippen molar-refractivity contribution >= 4 is 18.1 Å². The molecule has 0 spiro atoms. The third-order valence-corrected chi connectivity index (χ3v) is 2.19. The smallest absolute Gasteiger partial charge is 0.412 e. The molecule has 1 rings (SSSR count). The van der Waals surface area contributed by atoms with Crippen LogP contribution in [0.5, 0.6) is 0 Å². The fourth-order valence-electron chi connectivity index (χ4n) is 1.52. The van der Waals surface area contributed by atoms with E-state index < -0.39 is 11.7 Å². The molecule has 19 heavy (non-hydrogen) atoms. The van der Waals surface area contributed by atoms with Crippen LogP contribution >= 0.6 is 0 Å². The van der Waals surface area contributed by atoms with Gasteiger partial charge in [0.1, 0.15) is 11.3 Å². The van der Waals surface area contributed by atoms with Crippen LogP contribution in [0.3, 0.4) is 0 Å². The summed E-state index contributed by atoms with van der Waals surface area (Å²) in [5, 5.41) is 6.66. The molecule has 0 atom stereocenters. The monoisotopic (exact) mass is 267 g/mol. The number of hydrogen-bond acceptors (Lipinski definition) is 4. The normalized spacial score (nSPS) is 12.1. The van der Waals surface area contributed by atoms with Crippen molar-refractivity contribution < 1.29 is 14.3 Å². The number of anilines is 1. The van der Waals surface area contributed by atoms with E-state index in [2.05, 4.69) is 10.4 Å². The first-order chi connectivity index (χ1) is 8.54. The minimum Gasteiger partial charge on any atom is -0.444 e. The Morgan fingerprint density at radius 2 is 1.89 bits per heavy atom. The Labute approximate surface area is 113 Å². The van der Waals surface area contributed by atoms with Gasteiger partial charge in [-0.2, -0.15) is 5.10 Å². The van der Waals surface area contributed by atoms with Gasteiger partial charge in [0.05, 0.1) is 17.4 Å². The highest BCUT2D eigenvalue weighted by Crippen LogP contribution is 2.21. The van der Waals surface area contributed by atoms with Gasteiger partial charge < -0.3 is 4.74 Å². The lowest BCUT2D eigenvalue weighted by molar-refractivity contribution is 0.0636. The van der Waals surface area contributed by atoms with E-state index in [0.29, 0.717) is 17.7 Å². The molecule has 0 saturated heterocycles. The molecule has 0 aliphatic heterocycles. The molecule has 0 fully saturated rings. The Bertz CT molecular complexity index is 478. The molecule has 0 unspecified atom stereocenters. The maximum atomic E-state index is 11.7. The van der Waals surface area contributed by atoms with Gasteiger partial charge in [-0.25, -0.2) is 4.79 Å². The fraction of sp³-hybridized carbons (Fsp3) is 0.615. The average molecular weight is 267 g/mol. The molecule has 106 valence electrons. The lowest BCUT2D eigenvalue weighted by Gasteiger charge is -2.21. The van der Waals surface area contributed by atoms with Crippen LogP contribution in [-0.2, 0) is 10.3 Å². The summed E-state index contributed by atoms with van der Waals surface area (Å²) in [4.78, 5) is 22.8. The molecule has 6 nitrogen and oxygen atoms in total. The Morgan fingerprint density at radius 3 is 2.32 bits per heavy atom. The topological polar surface area (TPSA) is 73.2 Å². The van der Waals surface area contributed by atoms with Crippen molar-refractivity contribution in [2.24, 2.45) is 0 Å². The first-order valence-corrected chi connectivity index (χ1v) is 6.08. The summed E-state index contributed by atoms with van der Waals surface area (Å²) in [6, 6.07) is 0. The summed E-state index contributed by atoms with van der Waals surface area (Å²) < 4.78 is 6.70. The van der Waals surface area contributed by atoms with E-state index in [1.807, 2.05) is 20.8 Å². The second-order valence-corrected chi connectivity index (χ2v) is 6.27. The van der Waals surface area contributed by atoms with E-state index in [1.165, 1.54) is 6.20 Å². The van der Waals surface area contributed by atoms with Gasteiger partial charge in [-0.05, 0) is 41.5 Å². The van der Waals surface area contributed by atoms with Crippen LogP contribution in [0.4, 0.5) is 10.5 Å². The number of carbonyl (C=O) groups is 2. The average Bonchev–Trinajstić information content (AvgIpc) is 2.56. The summed E-state index contributed by atoms with van der Waals surface area (Å²) >= 11 is 0. The van der Waals surface area contributed by atoms with Gasteiger partial charge in [0, 0.05) is 0 Å². The van der Waals surface area contributed by atoms with Crippen molar-refractivity contribution in [3.05, 3.63) is 11.9 Å². The minimum atomic E-state index is -0.607. The molecule has 1 N–H and O–H groups in total. The zero-order valence-electron chi connectivity index (χ0n) is 12.3. The van der Waals surface area contributed by atoms with E-state index in [0.717, 1.165) is 0 Å². The molecule has 0 radical (unpaired) electrons. The predicted molar refractivity (Wildman–Crippen MR) is 72.5 cm³/mol. The molecule has 1 amide bonds. The van der Waals surface area contributed by atoms with Crippen LogP contribution in [0.15, 0.2) is 6.20 Å². The zero-order chi connectivity index (χ0) is 14.8. The third kappa shape index (κ3) is 4.08. The molecule has 6 heteroatoms. The first-order valence-electron chi connectivity index (χ1n) is 6.08. The number of aldehydes is 1. The van der Waals surface area contributed by atoms with Gasteiger partial charge in [-0.15, -0.1) is 0 Å². The SMILES string of the molecule is CC(C)(C)OC(=O)Nc1cnn(C(C)(C)C)c1C=O. The van der Waals surface area contributed by atoms with Crippen LogP contribution in [-0.4, -0.2) is 27.8 Å². The highest BCUT2D eigenvalue weighted by molar-refractivity contribution is 5.91. The zero-order valence-corrected chi connectivity index (χ0v) is 12.3. The van der Waals surface area contributed by atoms with Gasteiger partial charge in [0.2, 0.25) is 0 Å². The molecular weight excluding hydrogens is 246 g/mol. The number of carbonyl (C=O) groups excluding carboxylic acids is 2. The van der Waals surface area contributed by atoms with Crippen LogP contribution in [0.25, 0.3) is 0 Å². The number of aromatic nitrogens is 2. The van der Waals surface area contributed by atoms with E-state index >= 15 is 0 Å². The van der Waals surface area contributed by atoms with E-state index in [4.69, 9.17) is 4.74 Å². The van der Waals surface area contributed by atoms with Crippen molar-refractivity contribution in [3.63, 3.8) is 0 Å². The third-order valence-electron chi connectivity index (χ3n) is 2.19. The van der Waals surface area contributed by atoms with Crippen LogP contribution < -0.4 is 5.32 Å². The maximum absolute atomic E-state index is 11.7. The molecule has 0 bridgehead atoms. The lowest BCUT2D eigenvalue weighted by atomic mass is 10.1. The van der Waals surface area contributed by atoms with Crippen molar-refractivity contribution in [1.82, 2.24) is 9.78 Å². The second kappa shape index (κ2) is 5.03. The predicted octanol–water partition coefficient (Wildman–Crippen LogP) is 2.80. The summed E-state index contributed by atoms with van der Waals surface area (Å²) in [6.07, 6.45) is 1.51. The van der Waals surface area contributed by atoms with Gasteiger partial charge >= 0.3 is 6.09 Å². The number of hydrogen-bond donors (Lipinski definition) is 1. The van der Waals surface area contributed by atoms with Gasteiger partial charge in [-0.3, -0.25) is 14.8 Å². The standard InChI is InChI=1S/C13H21N3O3/c1-12(2,3)16-10(8-17)9(7-14-16)15-11(18)19-13(4,5)6/h7-8H,1-6H3,(H,15,18). The molecular formula is C13H21N3O3. The van der Waals surface area contributed by atoms with Crippen molar-refractivity contribution in [3.8, 4) is 0 Å². The fourth-order valence-corrected chi connectivity index (χ4v) is 1.52. The lowest BCUT2D eigenvalue weighted by Crippen LogP contribution is -2.28. The Hall–Kier alpha value is -1.85. The Balaban J connectivity index is 2.95. The molecule has 1 heterocycles. The molecule has 0 aliphatic rings. The molecule has 1 aromatic heterocycles. The molecule has 0 aromatic carbocycles. The summed E-state index contributed by atoms with van der Waals surface area (Å²) in [5.74, 6) is 0. The number of rotatable bonds is 2. The van der Waals surface area contributed by atoms with E-state index in [9.17, 15) is 9.59 Å². The second-order valence-electron chi connectivity index (χ2n) is 6.27. The van der Waals surface area contributed by atoms with E-state index in [-0.39, 0.29) is 5.54 Å². The highest BCUT2D eigenvalue weighted by Gasteiger charge is 2.23. The molecule has 0 saturated carbocycles. The summed E-state index contributed by atoms with van der Waals surface area (Å²) in [5.41, 5.74) is -0.271. The maximum Gasteiger partial charge on any atom is 0.412 e. The molecule has 0 aliphatic carbocycles. The number of amides is 1. The van der Waals surface area contributed by atoms with E-state index in [1.54, 1.807) is 25.5 Å². The van der Waals surface area contributed by atoms with Crippen molar-refractivity contribution in [1.29, 1.82) is 0 Å². The highest BCUT2D eigenvalue weighted by atomic mass is 16.6.